The van der Waals surface area contributed by atoms with Crippen molar-refractivity contribution in [1.82, 2.24) is 0 Å². The predicted octanol–water partition coefficient (Wildman–Crippen LogP) is 2.40. The second kappa shape index (κ2) is 8.56. The molecule has 0 rings (SSSR count). The number of rotatable bonds is 6. The van der Waals surface area contributed by atoms with Crippen molar-refractivity contribution in [2.75, 3.05) is 0 Å². The van der Waals surface area contributed by atoms with Gasteiger partial charge >= 0.3 is 67.5 Å². The number of hydrogen-bond acceptors (Lipinski definition) is 0. The second-order valence-corrected chi connectivity index (χ2v) is 3.77. The first-order chi connectivity index (χ1) is 4.41. The van der Waals surface area contributed by atoms with E-state index in [0.717, 1.165) is 0 Å². The third kappa shape index (κ3) is 8.56. The molecule has 0 saturated carbocycles. The topological polar surface area (TPSA) is 0 Å². The van der Waals surface area contributed by atoms with Crippen LogP contribution in [-0.4, -0.2) is 16.9 Å². The van der Waals surface area contributed by atoms with Crippen molar-refractivity contribution in [2.24, 2.45) is 0 Å². The Kier molecular flexibility index (Phi) is 9.09. The van der Waals surface area contributed by atoms with Gasteiger partial charge in [-0.2, -0.15) is 0 Å². The predicted molar refractivity (Wildman–Crippen MR) is 46.7 cm³/mol. The molecule has 1 atom stereocenters. The van der Waals surface area contributed by atoms with Crippen LogP contribution in [-0.2, 0) is 0 Å². The van der Waals surface area contributed by atoms with E-state index in [1.165, 1.54) is 43.7 Å². The molecule has 0 saturated heterocycles. The fraction of sp³-hybridized carbons (Fsp3) is 1.00. The van der Waals surface area contributed by atoms with E-state index < -0.39 is 0 Å². The van der Waals surface area contributed by atoms with Crippen molar-refractivity contribution in [1.29, 1.82) is 0 Å². The van der Waals surface area contributed by atoms with Crippen molar-refractivity contribution in [3.05, 3.63) is 0 Å². The average molecular weight is 190 g/mol. The molecule has 9 heavy (non-hydrogen) atoms. The maximum absolute atomic E-state index is 2.27. The Morgan fingerprint density at radius 3 is 2.00 bits per heavy atom. The third-order valence-corrected chi connectivity index (χ3v) is 2.41. The first kappa shape index (κ1) is 9.56. The van der Waals surface area contributed by atoms with E-state index in [4.69, 9.17) is 0 Å². The van der Waals surface area contributed by atoms with E-state index in [-0.39, 0.29) is 0 Å². The monoisotopic (exact) mass is 190 g/mol. The van der Waals surface area contributed by atoms with Crippen molar-refractivity contribution in [3.8, 4) is 0 Å². The van der Waals surface area contributed by atoms with Crippen LogP contribution in [0.3, 0.4) is 0 Å². The molecule has 0 nitrogen and oxygen atoms in total. The van der Waals surface area contributed by atoms with Crippen LogP contribution in [0, 0.1) is 0 Å². The first-order valence-corrected chi connectivity index (χ1v) is 5.83. The van der Waals surface area contributed by atoms with Gasteiger partial charge in [0.05, 0.1) is 0 Å². The minimum absolute atomic E-state index is 1.37. The van der Waals surface area contributed by atoms with Crippen molar-refractivity contribution < 1.29 is 0 Å². The van der Waals surface area contributed by atoms with Crippen LogP contribution in [0.4, 0.5) is 0 Å². The second-order valence-electron chi connectivity index (χ2n) is 2.56. The van der Waals surface area contributed by atoms with Crippen molar-refractivity contribution >= 4 is 16.9 Å². The van der Waals surface area contributed by atoms with Gasteiger partial charge in [-0.25, -0.2) is 0 Å². The molecule has 0 heterocycles. The number of unbranched alkanes of at least 4 members (excludes halogenated alkanes) is 5. The van der Waals surface area contributed by atoms with Crippen LogP contribution in [0.5, 0.6) is 0 Å². The van der Waals surface area contributed by atoms with Crippen LogP contribution in [0.15, 0.2) is 0 Å². The van der Waals surface area contributed by atoms with Gasteiger partial charge in [-0.15, -0.1) is 0 Å². The summed E-state index contributed by atoms with van der Waals surface area (Å²) in [6.45, 7) is 2.27. The third-order valence-electron chi connectivity index (χ3n) is 1.56. The zero-order valence-corrected chi connectivity index (χ0v) is 8.95. The molecule has 0 fully saturated rings. The standard InChI is InChI=1S/C8H19As/c1-2-3-4-5-6-7-8-9/h2-9H2,1H3. The molecule has 0 aromatic heterocycles. The molecule has 0 bridgehead atoms. The van der Waals surface area contributed by atoms with E-state index in [0.29, 0.717) is 0 Å². The Morgan fingerprint density at radius 1 is 0.889 bits per heavy atom. The van der Waals surface area contributed by atoms with Crippen LogP contribution in [0.25, 0.3) is 0 Å². The fourth-order valence-electron chi connectivity index (χ4n) is 0.925. The summed E-state index contributed by atoms with van der Waals surface area (Å²) in [5, 5.41) is 1.43. The summed E-state index contributed by atoms with van der Waals surface area (Å²) in [5.74, 6) is 0. The van der Waals surface area contributed by atoms with E-state index in [2.05, 4.69) is 6.92 Å². The quantitative estimate of drug-likeness (QED) is 0.445. The molecule has 0 aromatic carbocycles. The molecular weight excluding hydrogens is 171 g/mol. The van der Waals surface area contributed by atoms with Crippen LogP contribution in [0.1, 0.15) is 45.4 Å². The summed E-state index contributed by atoms with van der Waals surface area (Å²) in [6.07, 6.45) is 8.67. The summed E-state index contributed by atoms with van der Waals surface area (Å²) >= 11 is 1.88. The van der Waals surface area contributed by atoms with Gasteiger partial charge < -0.3 is 0 Å². The molecule has 56 valence electrons. The van der Waals surface area contributed by atoms with Crippen LogP contribution < -0.4 is 0 Å². The summed E-state index contributed by atoms with van der Waals surface area (Å²) in [7, 11) is 0. The van der Waals surface area contributed by atoms with E-state index in [1.807, 2.05) is 16.9 Å². The zero-order chi connectivity index (χ0) is 6.95. The molecule has 0 aliphatic carbocycles. The fourth-order valence-corrected chi connectivity index (χ4v) is 1.53. The Bertz CT molecular complexity index is 37.8. The average Bonchev–Trinajstić information content (AvgIpc) is 1.89. The van der Waals surface area contributed by atoms with Crippen molar-refractivity contribution in [3.63, 3.8) is 0 Å². The zero-order valence-electron chi connectivity index (χ0n) is 6.53. The van der Waals surface area contributed by atoms with Gasteiger partial charge in [-0.1, -0.05) is 0 Å². The van der Waals surface area contributed by atoms with Gasteiger partial charge in [0.2, 0.25) is 0 Å². The van der Waals surface area contributed by atoms with E-state index >= 15 is 0 Å². The Balaban J connectivity index is 2.60. The Hall–Kier alpha value is 0.558. The minimum atomic E-state index is 1.37. The molecular formula is C8H19As. The Morgan fingerprint density at radius 2 is 1.44 bits per heavy atom. The molecule has 0 aromatic rings. The van der Waals surface area contributed by atoms with E-state index in [1.54, 1.807) is 0 Å². The van der Waals surface area contributed by atoms with Gasteiger partial charge in [0.15, 0.2) is 0 Å². The van der Waals surface area contributed by atoms with Gasteiger partial charge in [-0.05, 0) is 0 Å². The summed E-state index contributed by atoms with van der Waals surface area (Å²) in [5.41, 5.74) is 0. The number of hydrogen-bond donors (Lipinski definition) is 0. The maximum atomic E-state index is 2.27. The van der Waals surface area contributed by atoms with Crippen LogP contribution in [0.2, 0.25) is 5.21 Å². The van der Waals surface area contributed by atoms with Gasteiger partial charge in [0.1, 0.15) is 0 Å². The van der Waals surface area contributed by atoms with Gasteiger partial charge in [-0.3, -0.25) is 0 Å². The van der Waals surface area contributed by atoms with Gasteiger partial charge in [0, 0.05) is 0 Å². The van der Waals surface area contributed by atoms with Crippen molar-refractivity contribution in [2.45, 2.75) is 50.7 Å². The molecule has 1 heteroatoms. The van der Waals surface area contributed by atoms with Gasteiger partial charge in [0.25, 0.3) is 0 Å². The molecule has 1 unspecified atom stereocenters. The summed E-state index contributed by atoms with van der Waals surface area (Å²) in [4.78, 5) is 0. The van der Waals surface area contributed by atoms with Crippen LogP contribution >= 0.6 is 0 Å². The molecule has 0 N–H and O–H groups in total. The molecule has 0 radical (unpaired) electrons. The van der Waals surface area contributed by atoms with E-state index in [9.17, 15) is 0 Å². The summed E-state index contributed by atoms with van der Waals surface area (Å²) in [6, 6.07) is 0. The normalized spacial score (nSPS) is 10.0. The molecule has 0 spiro atoms. The molecule has 0 aliphatic rings. The summed E-state index contributed by atoms with van der Waals surface area (Å²) < 4.78 is 0. The Labute approximate surface area is 67.9 Å². The molecule has 0 aliphatic heterocycles. The SMILES string of the molecule is CCCCCCCC[AsH2]. The first-order valence-electron chi connectivity index (χ1n) is 4.12. The molecule has 0 amide bonds.